The molecule has 0 aromatic heterocycles. The van der Waals surface area contributed by atoms with Gasteiger partial charge in [0.05, 0.1) is 6.33 Å². The van der Waals surface area contributed by atoms with Crippen LogP contribution >= 0.6 is 0 Å². The zero-order valence-electron chi connectivity index (χ0n) is 7.03. The summed E-state index contributed by atoms with van der Waals surface area (Å²) >= 11 is 0. The summed E-state index contributed by atoms with van der Waals surface area (Å²) in [6, 6.07) is 8.79. The predicted octanol–water partition coefficient (Wildman–Crippen LogP) is 1.90. The zero-order valence-corrected chi connectivity index (χ0v) is 7.03. The topological polar surface area (TPSA) is 29.1 Å². The van der Waals surface area contributed by atoms with Gasteiger partial charge in [-0.3, -0.25) is 4.79 Å². The van der Waals surface area contributed by atoms with Gasteiger partial charge in [0, 0.05) is 12.1 Å². The van der Waals surface area contributed by atoms with Gasteiger partial charge in [0.1, 0.15) is 0 Å². The van der Waals surface area contributed by atoms with E-state index in [0.717, 1.165) is 0 Å². The van der Waals surface area contributed by atoms with Crippen molar-refractivity contribution < 1.29 is 9.18 Å². The summed E-state index contributed by atoms with van der Waals surface area (Å²) in [5.74, 6) is -0.196. The molecule has 0 saturated carbocycles. The molecule has 0 atom stereocenters. The average Bonchev–Trinajstić information content (AvgIpc) is 2.19. The first kappa shape index (κ1) is 9.45. The lowest BCUT2D eigenvalue weighted by atomic mass is 10.2. The summed E-state index contributed by atoms with van der Waals surface area (Å²) in [4.78, 5) is 11.3. The van der Waals surface area contributed by atoms with Crippen molar-refractivity contribution in [1.29, 1.82) is 0 Å². The van der Waals surface area contributed by atoms with Crippen molar-refractivity contribution in [3.05, 3.63) is 48.3 Å². The largest absolute Gasteiger partial charge is 0.348 e. The van der Waals surface area contributed by atoms with Crippen LogP contribution in [0.25, 0.3) is 0 Å². The molecule has 0 saturated heterocycles. The van der Waals surface area contributed by atoms with E-state index in [-0.39, 0.29) is 12.5 Å². The van der Waals surface area contributed by atoms with E-state index in [1.807, 2.05) is 6.07 Å². The molecule has 0 fully saturated rings. The first-order chi connectivity index (χ1) is 6.34. The summed E-state index contributed by atoms with van der Waals surface area (Å²) in [5.41, 5.74) is 0.578. The molecule has 0 aliphatic rings. The monoisotopic (exact) mass is 179 g/mol. The van der Waals surface area contributed by atoms with Crippen molar-refractivity contribution in [3.63, 3.8) is 0 Å². The van der Waals surface area contributed by atoms with Gasteiger partial charge in [-0.05, 0) is 18.2 Å². The van der Waals surface area contributed by atoms with Crippen LogP contribution in [0.5, 0.6) is 0 Å². The smallest absolute Gasteiger partial charge is 0.251 e. The molecule has 0 radical (unpaired) electrons. The molecule has 1 aromatic rings. The predicted molar refractivity (Wildman–Crippen MR) is 49.0 cm³/mol. The lowest BCUT2D eigenvalue weighted by Gasteiger charge is -2.00. The van der Waals surface area contributed by atoms with E-state index in [1.165, 1.54) is 6.08 Å². The Balaban J connectivity index is 2.49. The number of halogens is 1. The van der Waals surface area contributed by atoms with E-state index in [2.05, 4.69) is 5.32 Å². The van der Waals surface area contributed by atoms with Crippen molar-refractivity contribution in [2.45, 2.75) is 0 Å². The molecule has 68 valence electrons. The van der Waals surface area contributed by atoms with Crippen LogP contribution in [0.1, 0.15) is 10.4 Å². The van der Waals surface area contributed by atoms with Crippen LogP contribution < -0.4 is 5.32 Å². The van der Waals surface area contributed by atoms with Crippen LogP contribution in [0.2, 0.25) is 0 Å². The Morgan fingerprint density at radius 1 is 1.38 bits per heavy atom. The Morgan fingerprint density at radius 3 is 2.69 bits per heavy atom. The number of hydrogen-bond donors (Lipinski definition) is 1. The van der Waals surface area contributed by atoms with Gasteiger partial charge in [0.2, 0.25) is 0 Å². The van der Waals surface area contributed by atoms with Gasteiger partial charge in [-0.1, -0.05) is 18.2 Å². The molecule has 1 aromatic carbocycles. The summed E-state index contributed by atoms with van der Waals surface area (Å²) in [6.07, 6.45) is 1.64. The first-order valence-corrected chi connectivity index (χ1v) is 3.93. The molecule has 1 amide bonds. The van der Waals surface area contributed by atoms with Crippen LogP contribution in [0, 0.1) is 0 Å². The molecular formula is C10H10FNO. The lowest BCUT2D eigenvalue weighted by Crippen LogP contribution is -2.22. The Labute approximate surface area is 76.1 Å². The van der Waals surface area contributed by atoms with E-state index in [4.69, 9.17) is 0 Å². The second-order valence-corrected chi connectivity index (χ2v) is 2.44. The maximum Gasteiger partial charge on any atom is 0.251 e. The molecule has 0 bridgehead atoms. The van der Waals surface area contributed by atoms with Crippen molar-refractivity contribution in [2.75, 3.05) is 6.54 Å². The Bertz CT molecular complexity index is 295. The molecule has 3 heteroatoms. The SMILES string of the molecule is O=C(NCC=CF)c1ccccc1. The van der Waals surface area contributed by atoms with E-state index >= 15 is 0 Å². The van der Waals surface area contributed by atoms with E-state index < -0.39 is 0 Å². The average molecular weight is 179 g/mol. The lowest BCUT2D eigenvalue weighted by molar-refractivity contribution is 0.0958. The number of carbonyl (C=O) groups excluding carboxylic acids is 1. The van der Waals surface area contributed by atoms with Gasteiger partial charge in [-0.15, -0.1) is 0 Å². The molecule has 0 aliphatic carbocycles. The Kier molecular flexibility index (Phi) is 3.70. The molecule has 1 N–H and O–H groups in total. The van der Waals surface area contributed by atoms with Gasteiger partial charge in [0.25, 0.3) is 5.91 Å². The fraction of sp³-hybridized carbons (Fsp3) is 0.100. The fourth-order valence-electron chi connectivity index (χ4n) is 0.888. The zero-order chi connectivity index (χ0) is 9.52. The minimum Gasteiger partial charge on any atom is -0.348 e. The van der Waals surface area contributed by atoms with Crippen LogP contribution in [-0.2, 0) is 0 Å². The Morgan fingerprint density at radius 2 is 2.08 bits per heavy atom. The first-order valence-electron chi connectivity index (χ1n) is 3.93. The molecule has 13 heavy (non-hydrogen) atoms. The summed E-state index contributed by atoms with van der Waals surface area (Å²) in [7, 11) is 0. The normalized spacial score (nSPS) is 10.2. The van der Waals surface area contributed by atoms with Crippen LogP contribution in [0.3, 0.4) is 0 Å². The second kappa shape index (κ2) is 5.09. The van der Waals surface area contributed by atoms with Crippen molar-refractivity contribution in [1.82, 2.24) is 5.32 Å². The minimum atomic E-state index is -0.196. The Hall–Kier alpha value is -1.64. The van der Waals surface area contributed by atoms with Gasteiger partial charge < -0.3 is 5.32 Å². The number of benzene rings is 1. The molecule has 0 aliphatic heterocycles. The fourth-order valence-corrected chi connectivity index (χ4v) is 0.888. The second-order valence-electron chi connectivity index (χ2n) is 2.44. The molecule has 2 nitrogen and oxygen atoms in total. The molecule has 0 heterocycles. The van der Waals surface area contributed by atoms with Crippen LogP contribution in [-0.4, -0.2) is 12.5 Å². The highest BCUT2D eigenvalue weighted by molar-refractivity contribution is 5.94. The summed E-state index contributed by atoms with van der Waals surface area (Å²) in [5, 5.41) is 2.53. The quantitative estimate of drug-likeness (QED) is 0.754. The van der Waals surface area contributed by atoms with E-state index in [1.54, 1.807) is 24.3 Å². The van der Waals surface area contributed by atoms with Crippen molar-refractivity contribution >= 4 is 5.91 Å². The van der Waals surface area contributed by atoms with Gasteiger partial charge in [-0.25, -0.2) is 4.39 Å². The van der Waals surface area contributed by atoms with Crippen molar-refractivity contribution in [2.24, 2.45) is 0 Å². The third kappa shape index (κ3) is 3.07. The van der Waals surface area contributed by atoms with Gasteiger partial charge >= 0.3 is 0 Å². The van der Waals surface area contributed by atoms with Crippen molar-refractivity contribution in [3.8, 4) is 0 Å². The molecule has 0 spiro atoms. The van der Waals surface area contributed by atoms with E-state index in [0.29, 0.717) is 11.9 Å². The minimum absolute atomic E-state index is 0.196. The number of rotatable bonds is 3. The maximum absolute atomic E-state index is 11.5. The number of nitrogens with one attached hydrogen (secondary N) is 1. The summed E-state index contributed by atoms with van der Waals surface area (Å²) in [6.45, 7) is 0.213. The highest BCUT2D eigenvalue weighted by Gasteiger charge is 2.00. The standard InChI is InChI=1S/C10H10FNO/c11-7-4-8-12-10(13)9-5-2-1-3-6-9/h1-7H,8H2,(H,12,13). The van der Waals surface area contributed by atoms with Gasteiger partial charge in [0.15, 0.2) is 0 Å². The number of amides is 1. The highest BCUT2D eigenvalue weighted by Crippen LogP contribution is 1.97. The number of hydrogen-bond acceptors (Lipinski definition) is 1. The van der Waals surface area contributed by atoms with E-state index in [9.17, 15) is 9.18 Å². The van der Waals surface area contributed by atoms with Gasteiger partial charge in [-0.2, -0.15) is 0 Å². The van der Waals surface area contributed by atoms with Crippen LogP contribution in [0.4, 0.5) is 4.39 Å². The maximum atomic E-state index is 11.5. The third-order valence-electron chi connectivity index (χ3n) is 1.51. The highest BCUT2D eigenvalue weighted by atomic mass is 19.1. The number of carbonyl (C=O) groups is 1. The van der Waals surface area contributed by atoms with Crippen LogP contribution in [0.15, 0.2) is 42.7 Å². The summed E-state index contributed by atoms with van der Waals surface area (Å²) < 4.78 is 11.5. The molecular weight excluding hydrogens is 169 g/mol. The molecule has 1 rings (SSSR count). The molecule has 0 unspecified atom stereocenters. The third-order valence-corrected chi connectivity index (χ3v) is 1.51.